The number of benzene rings is 1. The Morgan fingerprint density at radius 1 is 1.35 bits per heavy atom. The summed E-state index contributed by atoms with van der Waals surface area (Å²) < 4.78 is 0. The zero-order valence-corrected chi connectivity index (χ0v) is 12.6. The highest BCUT2D eigenvalue weighted by atomic mass is 14.8. The van der Waals surface area contributed by atoms with Crippen LogP contribution < -0.4 is 5.73 Å². The number of nitrogens with zero attached hydrogens (tertiary/aromatic N) is 1. The Morgan fingerprint density at radius 2 is 2.15 bits per heavy atom. The molecule has 0 aliphatic heterocycles. The van der Waals surface area contributed by atoms with Gasteiger partial charge in [0.25, 0.3) is 0 Å². The van der Waals surface area contributed by atoms with Crippen molar-refractivity contribution >= 4 is 17.1 Å². The van der Waals surface area contributed by atoms with Crippen LogP contribution in [0.15, 0.2) is 41.4 Å². The summed E-state index contributed by atoms with van der Waals surface area (Å²) in [5, 5.41) is 0. The van der Waals surface area contributed by atoms with Gasteiger partial charge in [0.15, 0.2) is 0 Å². The van der Waals surface area contributed by atoms with Crippen LogP contribution in [0.3, 0.4) is 0 Å². The number of rotatable bonds is 4. The number of allylic oxidation sites excluding steroid dienone is 2. The SMILES string of the molecule is C=C(N)c1cccc(CC)c1N=C(C)C1=CCCCC1. The topological polar surface area (TPSA) is 38.4 Å². The smallest absolute Gasteiger partial charge is 0.0757 e. The first-order valence-electron chi connectivity index (χ1n) is 7.44. The van der Waals surface area contributed by atoms with E-state index in [1.54, 1.807) is 0 Å². The van der Waals surface area contributed by atoms with Crippen molar-refractivity contribution in [2.75, 3.05) is 0 Å². The summed E-state index contributed by atoms with van der Waals surface area (Å²) in [6.07, 6.45) is 8.16. The van der Waals surface area contributed by atoms with Crippen LogP contribution in [-0.4, -0.2) is 5.71 Å². The number of hydrogen-bond donors (Lipinski definition) is 1. The lowest BCUT2D eigenvalue weighted by atomic mass is 9.96. The molecule has 1 aromatic rings. The van der Waals surface area contributed by atoms with E-state index < -0.39 is 0 Å². The first kappa shape index (κ1) is 14.6. The van der Waals surface area contributed by atoms with E-state index in [9.17, 15) is 0 Å². The Bertz CT molecular complexity index is 565. The Kier molecular flexibility index (Phi) is 4.78. The van der Waals surface area contributed by atoms with Crippen molar-refractivity contribution < 1.29 is 0 Å². The van der Waals surface area contributed by atoms with Gasteiger partial charge in [-0.1, -0.05) is 37.8 Å². The van der Waals surface area contributed by atoms with Gasteiger partial charge in [0.05, 0.1) is 5.69 Å². The minimum Gasteiger partial charge on any atom is -0.399 e. The molecule has 20 heavy (non-hydrogen) atoms. The van der Waals surface area contributed by atoms with Crippen LogP contribution in [0.1, 0.15) is 50.7 Å². The van der Waals surface area contributed by atoms with E-state index in [0.29, 0.717) is 5.70 Å². The summed E-state index contributed by atoms with van der Waals surface area (Å²) in [7, 11) is 0. The first-order chi connectivity index (χ1) is 9.63. The second kappa shape index (κ2) is 6.56. The van der Waals surface area contributed by atoms with Crippen LogP contribution >= 0.6 is 0 Å². The predicted octanol–water partition coefficient (Wildman–Crippen LogP) is 4.77. The summed E-state index contributed by atoms with van der Waals surface area (Å²) >= 11 is 0. The molecule has 0 fully saturated rings. The molecule has 0 unspecified atom stereocenters. The first-order valence-corrected chi connectivity index (χ1v) is 7.44. The van der Waals surface area contributed by atoms with Gasteiger partial charge >= 0.3 is 0 Å². The van der Waals surface area contributed by atoms with E-state index in [1.165, 1.54) is 30.4 Å². The van der Waals surface area contributed by atoms with Crippen molar-refractivity contribution in [3.63, 3.8) is 0 Å². The van der Waals surface area contributed by atoms with E-state index >= 15 is 0 Å². The van der Waals surface area contributed by atoms with Gasteiger partial charge in [-0.3, -0.25) is 4.99 Å². The molecule has 1 aliphatic rings. The van der Waals surface area contributed by atoms with Crippen molar-refractivity contribution in [2.24, 2.45) is 10.7 Å². The summed E-state index contributed by atoms with van der Waals surface area (Å²) in [5.74, 6) is 0. The monoisotopic (exact) mass is 268 g/mol. The van der Waals surface area contributed by atoms with Crippen LogP contribution in [-0.2, 0) is 6.42 Å². The second-order valence-electron chi connectivity index (χ2n) is 5.36. The molecular formula is C18H24N2. The van der Waals surface area contributed by atoms with E-state index in [4.69, 9.17) is 10.7 Å². The van der Waals surface area contributed by atoms with Gasteiger partial charge in [-0.05, 0) is 50.2 Å². The molecule has 2 N–H and O–H groups in total. The summed E-state index contributed by atoms with van der Waals surface area (Å²) in [5.41, 5.74) is 12.2. The molecule has 2 nitrogen and oxygen atoms in total. The minimum absolute atomic E-state index is 0.587. The van der Waals surface area contributed by atoms with Gasteiger partial charge in [0.2, 0.25) is 0 Å². The van der Waals surface area contributed by atoms with Gasteiger partial charge in [-0.15, -0.1) is 0 Å². The van der Waals surface area contributed by atoms with Gasteiger partial charge in [-0.2, -0.15) is 0 Å². The van der Waals surface area contributed by atoms with Crippen LogP contribution in [0.4, 0.5) is 5.69 Å². The van der Waals surface area contributed by atoms with Crippen LogP contribution in [0.5, 0.6) is 0 Å². The Hall–Kier alpha value is -1.83. The molecule has 2 heteroatoms. The van der Waals surface area contributed by atoms with Gasteiger partial charge < -0.3 is 5.73 Å². The molecule has 0 radical (unpaired) electrons. The molecule has 0 aromatic heterocycles. The molecule has 1 aliphatic carbocycles. The second-order valence-corrected chi connectivity index (χ2v) is 5.36. The fourth-order valence-electron chi connectivity index (χ4n) is 2.67. The maximum Gasteiger partial charge on any atom is 0.0757 e. The fraction of sp³-hybridized carbons (Fsp3) is 0.389. The van der Waals surface area contributed by atoms with Crippen molar-refractivity contribution in [1.82, 2.24) is 0 Å². The van der Waals surface area contributed by atoms with E-state index in [-0.39, 0.29) is 0 Å². The number of para-hydroxylation sites is 1. The quantitative estimate of drug-likeness (QED) is 0.785. The standard InChI is InChI=1S/C18H24N2/c1-4-15-11-8-12-17(13(2)19)18(15)20-14(3)16-9-6-5-7-10-16/h8-9,11-12H,2,4-7,10,19H2,1,3H3. The predicted molar refractivity (Wildman–Crippen MR) is 88.4 cm³/mol. The molecule has 0 bridgehead atoms. The molecule has 1 aromatic carbocycles. The normalized spacial score (nSPS) is 15.9. The van der Waals surface area contributed by atoms with Gasteiger partial charge in [0, 0.05) is 17.0 Å². The zero-order valence-electron chi connectivity index (χ0n) is 12.6. The Morgan fingerprint density at radius 3 is 2.75 bits per heavy atom. The third-order valence-electron chi connectivity index (χ3n) is 3.88. The highest BCUT2D eigenvalue weighted by Crippen LogP contribution is 2.30. The lowest BCUT2D eigenvalue weighted by Crippen LogP contribution is -2.03. The van der Waals surface area contributed by atoms with E-state index in [1.807, 2.05) is 12.1 Å². The number of aryl methyl sites for hydroxylation is 1. The fourth-order valence-corrected chi connectivity index (χ4v) is 2.67. The van der Waals surface area contributed by atoms with Crippen LogP contribution in [0, 0.1) is 0 Å². The average Bonchev–Trinajstić information content (AvgIpc) is 2.48. The lowest BCUT2D eigenvalue weighted by Gasteiger charge is -2.15. The molecule has 0 spiro atoms. The van der Waals surface area contributed by atoms with Crippen molar-refractivity contribution in [3.8, 4) is 0 Å². The molecule has 0 saturated heterocycles. The number of aliphatic imine (C=N–C) groups is 1. The number of hydrogen-bond acceptors (Lipinski definition) is 2. The summed E-state index contributed by atoms with van der Waals surface area (Å²) in [6.45, 7) is 8.12. The summed E-state index contributed by atoms with van der Waals surface area (Å²) in [6, 6.07) is 6.15. The maximum absolute atomic E-state index is 5.91. The third kappa shape index (κ3) is 3.19. The van der Waals surface area contributed by atoms with Crippen molar-refractivity contribution in [3.05, 3.63) is 47.6 Å². The molecule has 0 amide bonds. The zero-order chi connectivity index (χ0) is 14.5. The third-order valence-corrected chi connectivity index (χ3v) is 3.88. The highest BCUT2D eigenvalue weighted by molar-refractivity contribution is 6.00. The van der Waals surface area contributed by atoms with Gasteiger partial charge in [0.1, 0.15) is 0 Å². The molecule has 106 valence electrons. The molecule has 0 saturated carbocycles. The number of nitrogens with two attached hydrogens (primary N) is 1. The largest absolute Gasteiger partial charge is 0.399 e. The van der Waals surface area contributed by atoms with Crippen molar-refractivity contribution in [1.29, 1.82) is 0 Å². The molecule has 0 heterocycles. The van der Waals surface area contributed by atoms with Crippen LogP contribution in [0.2, 0.25) is 0 Å². The average molecular weight is 268 g/mol. The van der Waals surface area contributed by atoms with E-state index in [2.05, 4.69) is 32.6 Å². The van der Waals surface area contributed by atoms with Crippen LogP contribution in [0.25, 0.3) is 5.70 Å². The highest BCUT2D eigenvalue weighted by Gasteiger charge is 2.11. The Balaban J connectivity index is 2.45. The minimum atomic E-state index is 0.587. The maximum atomic E-state index is 5.91. The molecular weight excluding hydrogens is 244 g/mol. The lowest BCUT2D eigenvalue weighted by molar-refractivity contribution is 0.717. The van der Waals surface area contributed by atoms with Crippen molar-refractivity contribution in [2.45, 2.75) is 46.0 Å². The molecule has 2 rings (SSSR count). The van der Waals surface area contributed by atoms with E-state index in [0.717, 1.165) is 29.8 Å². The summed E-state index contributed by atoms with van der Waals surface area (Å²) in [4.78, 5) is 4.88. The van der Waals surface area contributed by atoms with Gasteiger partial charge in [-0.25, -0.2) is 0 Å². The Labute approximate surface area is 122 Å². The molecule has 0 atom stereocenters.